The molecular formula is C17H24N4O4. The van der Waals surface area contributed by atoms with Gasteiger partial charge in [0.15, 0.2) is 0 Å². The minimum atomic E-state index is -0.492. The van der Waals surface area contributed by atoms with E-state index in [0.717, 1.165) is 13.1 Å². The molecule has 0 spiro atoms. The molecule has 8 heteroatoms. The smallest absolute Gasteiger partial charge is 0.270 e. The van der Waals surface area contributed by atoms with Crippen molar-refractivity contribution in [3.05, 3.63) is 33.9 Å². The van der Waals surface area contributed by atoms with Gasteiger partial charge in [0, 0.05) is 57.6 Å². The van der Waals surface area contributed by atoms with Crippen LogP contribution in [0.3, 0.4) is 0 Å². The van der Waals surface area contributed by atoms with Gasteiger partial charge in [-0.25, -0.2) is 0 Å². The largest absolute Gasteiger partial charge is 0.377 e. The van der Waals surface area contributed by atoms with Gasteiger partial charge in [-0.2, -0.15) is 0 Å². The number of nitro groups is 1. The van der Waals surface area contributed by atoms with Crippen molar-refractivity contribution in [1.29, 1.82) is 0 Å². The van der Waals surface area contributed by atoms with Crippen LogP contribution >= 0.6 is 0 Å². The number of amides is 1. The van der Waals surface area contributed by atoms with Crippen LogP contribution in [-0.4, -0.2) is 68.2 Å². The fourth-order valence-electron chi connectivity index (χ4n) is 3.15. The summed E-state index contributed by atoms with van der Waals surface area (Å²) in [6, 6.07) is 5.00. The van der Waals surface area contributed by atoms with Crippen LogP contribution in [0.4, 0.5) is 11.4 Å². The lowest BCUT2D eigenvalue weighted by atomic mass is 10.1. The maximum atomic E-state index is 12.6. The molecule has 2 fully saturated rings. The number of benzene rings is 1. The maximum absolute atomic E-state index is 12.6. The van der Waals surface area contributed by atoms with E-state index in [1.165, 1.54) is 25.0 Å². The first kappa shape index (κ1) is 17.6. The highest BCUT2D eigenvalue weighted by atomic mass is 16.6. The molecule has 1 N–H and O–H groups in total. The molecule has 1 aliphatic heterocycles. The predicted octanol–water partition coefficient (Wildman–Crippen LogP) is 1.25. The molecule has 2 aliphatic rings. The molecule has 0 radical (unpaired) electrons. The number of ether oxygens (including phenoxy) is 1. The van der Waals surface area contributed by atoms with Gasteiger partial charge < -0.3 is 15.0 Å². The highest BCUT2D eigenvalue weighted by molar-refractivity contribution is 6.00. The van der Waals surface area contributed by atoms with Crippen molar-refractivity contribution in [1.82, 2.24) is 10.2 Å². The predicted molar refractivity (Wildman–Crippen MR) is 94.1 cm³/mol. The van der Waals surface area contributed by atoms with Crippen molar-refractivity contribution in [3.63, 3.8) is 0 Å². The highest BCUT2D eigenvalue weighted by Gasteiger charge is 2.33. The first-order valence-corrected chi connectivity index (χ1v) is 8.55. The zero-order chi connectivity index (χ0) is 18.0. The van der Waals surface area contributed by atoms with Crippen LogP contribution in [0.2, 0.25) is 0 Å². The van der Waals surface area contributed by atoms with Crippen molar-refractivity contribution in [2.75, 3.05) is 45.2 Å². The number of rotatable bonds is 6. The van der Waals surface area contributed by atoms with E-state index in [-0.39, 0.29) is 17.7 Å². The van der Waals surface area contributed by atoms with Crippen LogP contribution in [0.5, 0.6) is 0 Å². The number of non-ortho nitro benzene ring substituents is 1. The number of nitrogens with zero attached hydrogens (tertiary/aromatic N) is 3. The molecule has 1 heterocycles. The lowest BCUT2D eigenvalue weighted by Crippen LogP contribution is -2.48. The third-order valence-electron chi connectivity index (χ3n) is 4.64. The molecule has 0 bridgehead atoms. The third kappa shape index (κ3) is 4.26. The summed E-state index contributed by atoms with van der Waals surface area (Å²) in [5.41, 5.74) is 0.853. The Balaban J connectivity index is 1.65. The van der Waals surface area contributed by atoms with Gasteiger partial charge >= 0.3 is 0 Å². The molecule has 3 rings (SSSR count). The van der Waals surface area contributed by atoms with Crippen molar-refractivity contribution >= 4 is 17.3 Å². The van der Waals surface area contributed by atoms with Gasteiger partial charge in [-0.15, -0.1) is 0 Å². The summed E-state index contributed by atoms with van der Waals surface area (Å²) < 4.78 is 5.74. The highest BCUT2D eigenvalue weighted by Crippen LogP contribution is 2.28. The Morgan fingerprint density at radius 3 is 2.84 bits per heavy atom. The lowest BCUT2D eigenvalue weighted by molar-refractivity contribution is -0.384. The standard InChI is InChI=1S/C17H24N4O4/c1-19(2)16-6-5-13(21(23)24)9-15(16)17(22)18-10-14-11-20(7-8-25-14)12-3-4-12/h5-6,9,12,14H,3-4,7-8,10-11H2,1-2H3,(H,18,22)/t14-/m0/s1. The average molecular weight is 348 g/mol. The second kappa shape index (κ2) is 7.37. The maximum Gasteiger partial charge on any atom is 0.270 e. The van der Waals surface area contributed by atoms with E-state index < -0.39 is 4.92 Å². The second-order valence-electron chi connectivity index (χ2n) is 6.78. The molecule has 0 aromatic heterocycles. The normalized spacial score (nSPS) is 21.0. The number of anilines is 1. The van der Waals surface area contributed by atoms with Crippen LogP contribution in [0.25, 0.3) is 0 Å². The zero-order valence-corrected chi connectivity index (χ0v) is 14.6. The summed E-state index contributed by atoms with van der Waals surface area (Å²) in [6.07, 6.45) is 2.46. The molecule has 136 valence electrons. The molecule has 1 saturated heterocycles. The van der Waals surface area contributed by atoms with E-state index in [4.69, 9.17) is 4.74 Å². The number of nitrogens with one attached hydrogen (secondary N) is 1. The Bertz CT molecular complexity index is 660. The molecule has 0 unspecified atom stereocenters. The average Bonchev–Trinajstić information content (AvgIpc) is 3.44. The van der Waals surface area contributed by atoms with Gasteiger partial charge in [0.05, 0.1) is 23.2 Å². The van der Waals surface area contributed by atoms with E-state index in [2.05, 4.69) is 10.2 Å². The molecular weight excluding hydrogens is 324 g/mol. The quantitative estimate of drug-likeness (QED) is 0.615. The van der Waals surface area contributed by atoms with Crippen LogP contribution in [0.1, 0.15) is 23.2 Å². The summed E-state index contributed by atoms with van der Waals surface area (Å²) in [6.45, 7) is 2.85. The molecule has 1 aliphatic carbocycles. The van der Waals surface area contributed by atoms with Crippen molar-refractivity contribution in [3.8, 4) is 0 Å². The fraction of sp³-hybridized carbons (Fsp3) is 0.588. The van der Waals surface area contributed by atoms with E-state index >= 15 is 0 Å². The Kier molecular flexibility index (Phi) is 5.19. The fourth-order valence-corrected chi connectivity index (χ4v) is 3.15. The van der Waals surface area contributed by atoms with Crippen LogP contribution < -0.4 is 10.2 Å². The van der Waals surface area contributed by atoms with E-state index in [1.54, 1.807) is 25.1 Å². The van der Waals surface area contributed by atoms with Gasteiger partial charge in [0.25, 0.3) is 11.6 Å². The number of carbonyl (C=O) groups excluding carboxylic acids is 1. The topological polar surface area (TPSA) is 87.9 Å². The Labute approximate surface area is 146 Å². The number of hydrogen-bond acceptors (Lipinski definition) is 6. The van der Waals surface area contributed by atoms with Gasteiger partial charge in [-0.3, -0.25) is 19.8 Å². The van der Waals surface area contributed by atoms with Gasteiger partial charge in [0.1, 0.15) is 0 Å². The zero-order valence-electron chi connectivity index (χ0n) is 14.6. The molecule has 1 aromatic rings. The summed E-state index contributed by atoms with van der Waals surface area (Å²) in [5.74, 6) is -0.320. The number of carbonyl (C=O) groups is 1. The Morgan fingerprint density at radius 2 is 2.20 bits per heavy atom. The molecule has 1 aromatic carbocycles. The number of morpholine rings is 1. The van der Waals surface area contributed by atoms with Crippen molar-refractivity contribution in [2.24, 2.45) is 0 Å². The molecule has 1 saturated carbocycles. The van der Waals surface area contributed by atoms with E-state index in [1.807, 2.05) is 0 Å². The van der Waals surface area contributed by atoms with Gasteiger partial charge in [-0.1, -0.05) is 0 Å². The Morgan fingerprint density at radius 1 is 1.44 bits per heavy atom. The molecule has 25 heavy (non-hydrogen) atoms. The second-order valence-corrected chi connectivity index (χ2v) is 6.78. The van der Waals surface area contributed by atoms with Crippen LogP contribution in [0, 0.1) is 10.1 Å². The minimum absolute atomic E-state index is 0.0418. The first-order chi connectivity index (χ1) is 12.0. The van der Waals surface area contributed by atoms with Gasteiger partial charge in [0.2, 0.25) is 0 Å². The van der Waals surface area contributed by atoms with Crippen molar-refractivity contribution in [2.45, 2.75) is 25.0 Å². The number of hydrogen-bond donors (Lipinski definition) is 1. The summed E-state index contributed by atoms with van der Waals surface area (Å²) in [5, 5.41) is 13.9. The van der Waals surface area contributed by atoms with Crippen LogP contribution in [-0.2, 0) is 4.74 Å². The number of nitro benzene ring substituents is 1. The monoisotopic (exact) mass is 348 g/mol. The Hall–Kier alpha value is -2.19. The van der Waals surface area contributed by atoms with Crippen LogP contribution in [0.15, 0.2) is 18.2 Å². The third-order valence-corrected chi connectivity index (χ3v) is 4.64. The van der Waals surface area contributed by atoms with E-state index in [9.17, 15) is 14.9 Å². The first-order valence-electron chi connectivity index (χ1n) is 8.55. The van der Waals surface area contributed by atoms with Gasteiger partial charge in [-0.05, 0) is 18.9 Å². The summed E-state index contributed by atoms with van der Waals surface area (Å²) in [4.78, 5) is 27.3. The summed E-state index contributed by atoms with van der Waals surface area (Å²) in [7, 11) is 3.60. The summed E-state index contributed by atoms with van der Waals surface area (Å²) >= 11 is 0. The molecule has 8 nitrogen and oxygen atoms in total. The molecule has 1 amide bonds. The minimum Gasteiger partial charge on any atom is -0.377 e. The lowest BCUT2D eigenvalue weighted by Gasteiger charge is -2.33. The molecule has 1 atom stereocenters. The van der Waals surface area contributed by atoms with E-state index in [0.29, 0.717) is 30.4 Å². The SMILES string of the molecule is CN(C)c1ccc([N+](=O)[O-])cc1C(=O)NC[C@H]1CN(C2CC2)CCO1. The van der Waals surface area contributed by atoms with Crippen molar-refractivity contribution < 1.29 is 14.5 Å².